The third kappa shape index (κ3) is 45.8. The van der Waals surface area contributed by atoms with E-state index in [1.807, 2.05) is 0 Å². The number of rotatable bonds is 43. The minimum atomic E-state index is -0.708. The Hall–Kier alpha value is -2.62. The monoisotopic (exact) mass is 779 g/mol. The molecule has 56 heavy (non-hydrogen) atoms. The lowest BCUT2D eigenvalue weighted by molar-refractivity contribution is -0.150. The van der Waals surface area contributed by atoms with E-state index in [0.29, 0.717) is 6.42 Å². The molecule has 0 aliphatic heterocycles. The zero-order valence-electron chi connectivity index (χ0n) is 36.9. The number of ether oxygens (including phenoxy) is 1. The summed E-state index contributed by atoms with van der Waals surface area (Å²) < 4.78 is 6.02. The Bertz CT molecular complexity index is 1020. The largest absolute Gasteiger partial charge is 0.481 e. The van der Waals surface area contributed by atoms with Gasteiger partial charge in [0.05, 0.1) is 0 Å². The maximum atomic E-state index is 12.8. The van der Waals surface area contributed by atoms with Gasteiger partial charge in [-0.1, -0.05) is 189 Å². The molecule has 0 saturated carbocycles. The van der Waals surface area contributed by atoms with Crippen LogP contribution in [0.15, 0.2) is 72.9 Å². The van der Waals surface area contributed by atoms with Gasteiger partial charge in [0.1, 0.15) is 6.10 Å². The molecule has 0 aromatic carbocycles. The number of unbranched alkanes of at least 4 members (excludes halogenated alkanes) is 22. The van der Waals surface area contributed by atoms with Gasteiger partial charge in [0.25, 0.3) is 0 Å². The maximum Gasteiger partial charge on any atom is 0.306 e. The van der Waals surface area contributed by atoms with E-state index in [9.17, 15) is 9.59 Å². The number of carbonyl (C=O) groups is 2. The van der Waals surface area contributed by atoms with Gasteiger partial charge in [0, 0.05) is 12.8 Å². The van der Waals surface area contributed by atoms with Crippen LogP contribution in [0, 0.1) is 0 Å². The number of carboxylic acids is 1. The smallest absolute Gasteiger partial charge is 0.306 e. The first kappa shape index (κ1) is 53.4. The fourth-order valence-electron chi connectivity index (χ4n) is 6.91. The van der Waals surface area contributed by atoms with Gasteiger partial charge in [-0.3, -0.25) is 9.59 Å². The number of carbonyl (C=O) groups excluding carboxylic acids is 1. The Morgan fingerprint density at radius 3 is 1.20 bits per heavy atom. The molecule has 0 radical (unpaired) electrons. The van der Waals surface area contributed by atoms with Crippen molar-refractivity contribution in [2.45, 2.75) is 245 Å². The number of aliphatic carboxylic acids is 1. The average Bonchev–Trinajstić information content (AvgIpc) is 3.19. The van der Waals surface area contributed by atoms with Crippen LogP contribution >= 0.6 is 0 Å². The summed E-state index contributed by atoms with van der Waals surface area (Å²) in [6.45, 7) is 4.43. The van der Waals surface area contributed by atoms with Gasteiger partial charge >= 0.3 is 11.9 Å². The molecule has 0 heterocycles. The second-order valence-electron chi connectivity index (χ2n) is 15.9. The normalized spacial score (nSPS) is 12.9. The molecule has 4 nitrogen and oxygen atoms in total. The number of hydrogen-bond acceptors (Lipinski definition) is 3. The lowest BCUT2D eigenvalue weighted by atomic mass is 10.0. The Kier molecular flexibility index (Phi) is 44.6. The maximum absolute atomic E-state index is 12.8. The first-order valence-corrected chi connectivity index (χ1v) is 23.9. The van der Waals surface area contributed by atoms with Crippen molar-refractivity contribution in [2.75, 3.05) is 0 Å². The zero-order chi connectivity index (χ0) is 40.7. The first-order valence-electron chi connectivity index (χ1n) is 23.9. The minimum absolute atomic E-state index is 0.0115. The van der Waals surface area contributed by atoms with Gasteiger partial charge in [-0.25, -0.2) is 0 Å². The number of carboxylic acid groups (broad SMARTS) is 1. The number of hydrogen-bond donors (Lipinski definition) is 1. The highest BCUT2D eigenvalue weighted by molar-refractivity contribution is 5.69. The molecule has 1 atom stereocenters. The summed E-state index contributed by atoms with van der Waals surface area (Å²) >= 11 is 0. The van der Waals surface area contributed by atoms with Crippen molar-refractivity contribution in [2.24, 2.45) is 0 Å². The summed E-state index contributed by atoms with van der Waals surface area (Å²) in [6, 6.07) is 0. The van der Waals surface area contributed by atoms with Crippen molar-refractivity contribution in [3.05, 3.63) is 72.9 Å². The van der Waals surface area contributed by atoms with Crippen molar-refractivity contribution >= 4 is 11.9 Å². The van der Waals surface area contributed by atoms with Crippen LogP contribution in [0.5, 0.6) is 0 Å². The number of allylic oxidation sites excluding steroid dienone is 12. The van der Waals surface area contributed by atoms with E-state index < -0.39 is 5.97 Å². The van der Waals surface area contributed by atoms with E-state index in [4.69, 9.17) is 9.84 Å². The van der Waals surface area contributed by atoms with E-state index >= 15 is 0 Å². The van der Waals surface area contributed by atoms with Crippen LogP contribution in [0.1, 0.15) is 239 Å². The fourth-order valence-corrected chi connectivity index (χ4v) is 6.91. The first-order chi connectivity index (χ1) is 27.6. The van der Waals surface area contributed by atoms with Crippen molar-refractivity contribution in [1.82, 2.24) is 0 Å². The van der Waals surface area contributed by atoms with E-state index in [2.05, 4.69) is 86.8 Å². The van der Waals surface area contributed by atoms with E-state index in [1.54, 1.807) is 0 Å². The minimum Gasteiger partial charge on any atom is -0.481 e. The van der Waals surface area contributed by atoms with Gasteiger partial charge in [0.15, 0.2) is 0 Å². The Morgan fingerprint density at radius 2 is 0.750 bits per heavy atom. The Morgan fingerprint density at radius 1 is 0.411 bits per heavy atom. The predicted molar refractivity (Wildman–Crippen MR) is 245 cm³/mol. The third-order valence-corrected chi connectivity index (χ3v) is 10.4. The van der Waals surface area contributed by atoms with Gasteiger partial charge in [-0.05, 0) is 109 Å². The molecule has 0 spiro atoms. The molecule has 322 valence electrons. The molecular formula is C52H90O4. The van der Waals surface area contributed by atoms with Gasteiger partial charge in [0.2, 0.25) is 0 Å². The zero-order valence-corrected chi connectivity index (χ0v) is 36.9. The van der Waals surface area contributed by atoms with E-state index in [0.717, 1.165) is 109 Å². The standard InChI is InChI=1S/C52H90O4/c1-3-5-7-9-11-13-15-17-19-20-21-22-23-24-25-26-28-30-32-34-36-41-45-49-52(55)56-50(47-43-39-37-40-44-48-51(53)54)46-42-38-35-33-31-29-27-18-16-14-12-10-8-6-4-2/h6,8,12,14-15,17-18,20-21,27,31,33,50H,3-5,7,9-11,13,16,19,22-26,28-30,32,34-49H2,1-2H3,(H,53,54)/b8-6-,14-12-,17-15-,21-20-,27-18-,33-31-. The second kappa shape index (κ2) is 46.8. The van der Waals surface area contributed by atoms with Crippen LogP contribution in [-0.4, -0.2) is 23.1 Å². The third-order valence-electron chi connectivity index (χ3n) is 10.4. The summed E-state index contributed by atoms with van der Waals surface area (Å²) in [5.74, 6) is -0.730. The van der Waals surface area contributed by atoms with Gasteiger partial charge in [-0.15, -0.1) is 0 Å². The van der Waals surface area contributed by atoms with Crippen molar-refractivity contribution in [3.8, 4) is 0 Å². The quantitative estimate of drug-likeness (QED) is 0.0380. The van der Waals surface area contributed by atoms with Crippen LogP contribution in [0.4, 0.5) is 0 Å². The van der Waals surface area contributed by atoms with E-state index in [-0.39, 0.29) is 18.5 Å². The van der Waals surface area contributed by atoms with Crippen LogP contribution < -0.4 is 0 Å². The van der Waals surface area contributed by atoms with Gasteiger partial charge < -0.3 is 9.84 Å². The topological polar surface area (TPSA) is 63.6 Å². The molecule has 0 aromatic rings. The molecule has 0 aliphatic rings. The Balaban J connectivity index is 4.01. The molecular weight excluding hydrogens is 689 g/mol. The molecule has 1 N–H and O–H groups in total. The lowest BCUT2D eigenvalue weighted by Crippen LogP contribution is -2.18. The van der Waals surface area contributed by atoms with Crippen LogP contribution in [0.3, 0.4) is 0 Å². The highest BCUT2D eigenvalue weighted by Gasteiger charge is 2.14. The Labute approximate surface area is 347 Å². The molecule has 4 heteroatoms. The van der Waals surface area contributed by atoms with Crippen LogP contribution in [0.2, 0.25) is 0 Å². The lowest BCUT2D eigenvalue weighted by Gasteiger charge is -2.18. The highest BCUT2D eigenvalue weighted by atomic mass is 16.5. The molecule has 0 rings (SSSR count). The fraction of sp³-hybridized carbons (Fsp3) is 0.731. The molecule has 0 fully saturated rings. The van der Waals surface area contributed by atoms with Crippen molar-refractivity contribution in [1.29, 1.82) is 0 Å². The summed E-state index contributed by atoms with van der Waals surface area (Å²) in [5, 5.41) is 8.86. The summed E-state index contributed by atoms with van der Waals surface area (Å²) in [7, 11) is 0. The number of esters is 1. The molecule has 0 aromatic heterocycles. The molecule has 0 saturated heterocycles. The van der Waals surface area contributed by atoms with Crippen LogP contribution in [-0.2, 0) is 14.3 Å². The second-order valence-corrected chi connectivity index (χ2v) is 15.9. The van der Waals surface area contributed by atoms with Crippen LogP contribution in [0.25, 0.3) is 0 Å². The molecule has 1 unspecified atom stereocenters. The van der Waals surface area contributed by atoms with E-state index in [1.165, 1.54) is 103 Å². The molecule has 0 aliphatic carbocycles. The average molecular weight is 779 g/mol. The van der Waals surface area contributed by atoms with Gasteiger partial charge in [-0.2, -0.15) is 0 Å². The van der Waals surface area contributed by atoms with Crippen molar-refractivity contribution < 1.29 is 19.4 Å². The predicted octanol–water partition coefficient (Wildman–Crippen LogP) is 17.0. The highest BCUT2D eigenvalue weighted by Crippen LogP contribution is 2.18. The molecule has 0 amide bonds. The van der Waals surface area contributed by atoms with Crippen molar-refractivity contribution in [3.63, 3.8) is 0 Å². The SMILES string of the molecule is CC/C=C\C/C=C\C/C=C\C/C=C\CCCCC(CCCCCCCC(=O)O)OC(=O)CCCCCCCCCCCCC/C=C\C/C=C\CCCCCCC. The summed E-state index contributed by atoms with van der Waals surface area (Å²) in [5.41, 5.74) is 0. The summed E-state index contributed by atoms with van der Waals surface area (Å²) in [4.78, 5) is 23.5. The summed E-state index contributed by atoms with van der Waals surface area (Å²) in [6.07, 6.45) is 66.6. The molecule has 0 bridgehead atoms.